The molecule has 0 saturated heterocycles. The summed E-state index contributed by atoms with van der Waals surface area (Å²) in [5, 5.41) is 2.34. The average Bonchev–Trinajstić information content (AvgIpc) is 2.56. The molecule has 3 nitrogen and oxygen atoms in total. The molecule has 24 heavy (non-hydrogen) atoms. The summed E-state index contributed by atoms with van der Waals surface area (Å²) in [6.45, 7) is 1.92. The zero-order chi connectivity index (χ0) is 17.7. The summed E-state index contributed by atoms with van der Waals surface area (Å²) in [5.74, 6) is 0.207. The molecule has 6 heteroatoms. The van der Waals surface area contributed by atoms with Crippen molar-refractivity contribution in [3.05, 3.63) is 65.2 Å². The molecule has 0 aromatic heterocycles. The first kappa shape index (κ1) is 17.8. The van der Waals surface area contributed by atoms with E-state index in [1.54, 1.807) is 30.3 Å². The molecule has 1 unspecified atom stereocenters. The molecule has 0 fully saturated rings. The van der Waals surface area contributed by atoms with Crippen LogP contribution in [0, 0.1) is 0 Å². The molecule has 2 aromatic rings. The lowest BCUT2D eigenvalue weighted by molar-refractivity contribution is -0.137. The number of carbonyl (C=O) groups excluding carboxylic acids is 1. The zero-order valence-electron chi connectivity index (χ0n) is 13.4. The Bertz CT molecular complexity index is 696. The van der Waals surface area contributed by atoms with Crippen LogP contribution in [-0.4, -0.2) is 13.1 Å². The maximum Gasteiger partial charge on any atom is 0.416 e. The first-order valence-electron chi connectivity index (χ1n) is 7.51. The molecular weight excluding hydrogens is 319 g/mol. The van der Waals surface area contributed by atoms with E-state index in [4.69, 9.17) is 4.74 Å². The lowest BCUT2D eigenvalue weighted by Crippen LogP contribution is -2.21. The molecule has 2 aromatic carbocycles. The van der Waals surface area contributed by atoms with Crippen LogP contribution in [0.2, 0.25) is 0 Å². The van der Waals surface area contributed by atoms with E-state index in [-0.39, 0.29) is 5.92 Å². The summed E-state index contributed by atoms with van der Waals surface area (Å²) in [6.07, 6.45) is -4.29. The second-order valence-corrected chi connectivity index (χ2v) is 5.29. The Hall–Kier alpha value is -2.50. The second-order valence-electron chi connectivity index (χ2n) is 5.29. The first-order chi connectivity index (χ1) is 11.3. The Labute approximate surface area is 138 Å². The number of alkyl halides is 3. The molecule has 1 atom stereocenters. The van der Waals surface area contributed by atoms with Crippen molar-refractivity contribution < 1.29 is 22.7 Å². The van der Waals surface area contributed by atoms with E-state index in [0.29, 0.717) is 17.7 Å². The van der Waals surface area contributed by atoms with Crippen LogP contribution in [-0.2, 0) is 6.18 Å². The van der Waals surface area contributed by atoms with Gasteiger partial charge in [-0.25, -0.2) is 4.79 Å². The summed E-state index contributed by atoms with van der Waals surface area (Å²) in [7, 11) is 1.46. The van der Waals surface area contributed by atoms with Crippen LogP contribution >= 0.6 is 0 Å². The smallest absolute Gasteiger partial charge is 0.410 e. The van der Waals surface area contributed by atoms with Crippen molar-refractivity contribution in [3.63, 3.8) is 0 Å². The molecule has 0 aliphatic carbocycles. The van der Waals surface area contributed by atoms with Gasteiger partial charge in [0.25, 0.3) is 0 Å². The molecule has 0 spiro atoms. The molecule has 2 rings (SSSR count). The molecular formula is C18H18F3NO2. The highest BCUT2D eigenvalue weighted by Gasteiger charge is 2.31. The lowest BCUT2D eigenvalue weighted by Gasteiger charge is -2.18. The molecule has 128 valence electrons. The van der Waals surface area contributed by atoms with Gasteiger partial charge in [0.05, 0.1) is 5.56 Å². The van der Waals surface area contributed by atoms with Gasteiger partial charge in [-0.1, -0.05) is 37.3 Å². The van der Waals surface area contributed by atoms with E-state index >= 15 is 0 Å². The van der Waals surface area contributed by atoms with Crippen LogP contribution in [0.25, 0.3) is 0 Å². The van der Waals surface area contributed by atoms with Crippen LogP contribution in [0.5, 0.6) is 5.75 Å². The minimum Gasteiger partial charge on any atom is -0.410 e. The van der Waals surface area contributed by atoms with Crippen molar-refractivity contribution in [2.45, 2.75) is 25.4 Å². The van der Waals surface area contributed by atoms with E-state index in [2.05, 4.69) is 5.32 Å². The van der Waals surface area contributed by atoms with Crippen molar-refractivity contribution in [2.75, 3.05) is 7.05 Å². The maximum atomic E-state index is 12.9. The fraction of sp³-hybridized carbons (Fsp3) is 0.278. The Morgan fingerprint density at radius 3 is 2.33 bits per heavy atom. The number of carbonyl (C=O) groups is 1. The molecule has 1 amide bonds. The second kappa shape index (κ2) is 7.38. The third-order valence-electron chi connectivity index (χ3n) is 3.72. The Morgan fingerprint density at radius 1 is 1.12 bits per heavy atom. The molecule has 0 aliphatic rings. The van der Waals surface area contributed by atoms with Gasteiger partial charge < -0.3 is 10.1 Å². The monoisotopic (exact) mass is 337 g/mol. The number of rotatable bonds is 4. The molecule has 1 N–H and O–H groups in total. The minimum atomic E-state index is -4.36. The van der Waals surface area contributed by atoms with Gasteiger partial charge in [0.15, 0.2) is 0 Å². The van der Waals surface area contributed by atoms with Crippen molar-refractivity contribution in [3.8, 4) is 5.75 Å². The predicted molar refractivity (Wildman–Crippen MR) is 85.1 cm³/mol. The van der Waals surface area contributed by atoms with E-state index in [9.17, 15) is 18.0 Å². The van der Waals surface area contributed by atoms with Crippen LogP contribution in [0.4, 0.5) is 18.0 Å². The topological polar surface area (TPSA) is 38.3 Å². The summed E-state index contributed by atoms with van der Waals surface area (Å²) < 4.78 is 43.7. The quantitative estimate of drug-likeness (QED) is 0.856. The van der Waals surface area contributed by atoms with Crippen molar-refractivity contribution >= 4 is 6.09 Å². The van der Waals surface area contributed by atoms with Crippen LogP contribution in [0.15, 0.2) is 48.5 Å². The summed E-state index contributed by atoms with van der Waals surface area (Å²) >= 11 is 0. The molecule has 0 heterocycles. The van der Waals surface area contributed by atoms with E-state index in [0.717, 1.165) is 11.6 Å². The Morgan fingerprint density at radius 2 is 1.79 bits per heavy atom. The van der Waals surface area contributed by atoms with Crippen molar-refractivity contribution in [1.82, 2.24) is 5.32 Å². The first-order valence-corrected chi connectivity index (χ1v) is 7.51. The standard InChI is InChI=1S/C18H18F3NO2/c1-3-16(13-5-4-6-14(11-13)18(19,20)21)12-7-9-15(10-8-12)24-17(23)22-2/h4-11,16H,3H2,1-2H3,(H,22,23). The fourth-order valence-corrected chi connectivity index (χ4v) is 2.52. The van der Waals surface area contributed by atoms with Gasteiger partial charge in [0.1, 0.15) is 5.75 Å². The van der Waals surface area contributed by atoms with E-state index < -0.39 is 17.8 Å². The number of halogens is 3. The van der Waals surface area contributed by atoms with Crippen molar-refractivity contribution in [1.29, 1.82) is 0 Å². The largest absolute Gasteiger partial charge is 0.416 e. The van der Waals surface area contributed by atoms with Gasteiger partial charge in [0, 0.05) is 13.0 Å². The number of ether oxygens (including phenoxy) is 1. The van der Waals surface area contributed by atoms with Crippen LogP contribution in [0.3, 0.4) is 0 Å². The number of hydrogen-bond donors (Lipinski definition) is 1. The van der Waals surface area contributed by atoms with Gasteiger partial charge in [-0.3, -0.25) is 0 Å². The normalized spacial score (nSPS) is 12.5. The minimum absolute atomic E-state index is 0.165. The number of amides is 1. The third kappa shape index (κ3) is 4.28. The van der Waals surface area contributed by atoms with Crippen LogP contribution < -0.4 is 10.1 Å². The van der Waals surface area contributed by atoms with Crippen LogP contribution in [0.1, 0.15) is 36.0 Å². The number of hydrogen-bond acceptors (Lipinski definition) is 2. The summed E-state index contributed by atoms with van der Waals surface area (Å²) in [6, 6.07) is 12.1. The average molecular weight is 337 g/mol. The van der Waals surface area contributed by atoms with Gasteiger partial charge >= 0.3 is 12.3 Å². The van der Waals surface area contributed by atoms with E-state index in [1.807, 2.05) is 6.92 Å². The predicted octanol–water partition coefficient (Wildman–Crippen LogP) is 4.97. The Kier molecular flexibility index (Phi) is 5.49. The van der Waals surface area contributed by atoms with E-state index in [1.165, 1.54) is 19.2 Å². The maximum absolute atomic E-state index is 12.9. The van der Waals surface area contributed by atoms with Gasteiger partial charge in [-0.15, -0.1) is 0 Å². The highest BCUT2D eigenvalue weighted by Crippen LogP contribution is 2.34. The zero-order valence-corrected chi connectivity index (χ0v) is 13.4. The van der Waals surface area contributed by atoms with Gasteiger partial charge in [-0.05, 0) is 35.7 Å². The highest BCUT2D eigenvalue weighted by molar-refractivity contribution is 5.69. The third-order valence-corrected chi connectivity index (χ3v) is 3.72. The van der Waals surface area contributed by atoms with Crippen molar-refractivity contribution in [2.24, 2.45) is 0 Å². The fourth-order valence-electron chi connectivity index (χ4n) is 2.52. The summed E-state index contributed by atoms with van der Waals surface area (Å²) in [5.41, 5.74) is 0.811. The van der Waals surface area contributed by atoms with Gasteiger partial charge in [-0.2, -0.15) is 13.2 Å². The molecule has 0 aliphatic heterocycles. The molecule has 0 saturated carbocycles. The summed E-state index contributed by atoms with van der Waals surface area (Å²) in [4.78, 5) is 11.2. The number of nitrogens with one attached hydrogen (secondary N) is 1. The van der Waals surface area contributed by atoms with Gasteiger partial charge in [0.2, 0.25) is 0 Å². The molecule has 0 bridgehead atoms. The lowest BCUT2D eigenvalue weighted by atomic mass is 9.88. The Balaban J connectivity index is 2.27. The highest BCUT2D eigenvalue weighted by atomic mass is 19.4. The number of benzene rings is 2. The molecule has 0 radical (unpaired) electrons. The SMILES string of the molecule is CCC(c1ccc(OC(=O)NC)cc1)c1cccc(C(F)(F)F)c1.